The van der Waals surface area contributed by atoms with Crippen LogP contribution in [-0.4, -0.2) is 38.0 Å². The Morgan fingerprint density at radius 1 is 1.05 bits per heavy atom. The SMILES string of the molecule is CC(NC(=O)c1c2n(c(=O)n1-c1ccc(OC3CC3)cc1)C[C@H](C)N(C(=O)c1ccc(Br)c(Cl)c1)C2)c1ccccc1. The second kappa shape index (κ2) is 11.5. The molecule has 0 saturated heterocycles. The Bertz CT molecular complexity index is 1710. The van der Waals surface area contributed by atoms with Gasteiger partial charge in [0.15, 0.2) is 0 Å². The molecule has 1 fully saturated rings. The standard InChI is InChI=1S/C32H30BrClN4O4/c1-19-17-37-28(18-36(19)31(40)22-8-15-26(33)27(34)16-22)29(30(39)35-20(2)21-6-4-3-5-7-21)38(32(37)41)23-9-11-24(12-10-23)42-25-13-14-25/h3-12,15-16,19-20,25H,13-14,17-18H2,1-2H3,(H,35,39)/t19-,20?/m0/s1. The fourth-order valence-electron chi connectivity index (χ4n) is 5.30. The van der Waals surface area contributed by atoms with Crippen LogP contribution in [0.15, 0.2) is 82.1 Å². The molecular weight excluding hydrogens is 620 g/mol. The molecule has 2 atom stereocenters. The molecule has 6 rings (SSSR count). The minimum absolute atomic E-state index is 0.0846. The normalized spacial score (nSPS) is 17.0. The molecule has 10 heteroatoms. The number of nitrogens with one attached hydrogen (secondary N) is 1. The molecule has 1 N–H and O–H groups in total. The van der Waals surface area contributed by atoms with E-state index >= 15 is 0 Å². The fraction of sp³-hybridized carbons (Fsp3) is 0.281. The first-order valence-corrected chi connectivity index (χ1v) is 15.1. The first-order chi connectivity index (χ1) is 20.2. The van der Waals surface area contributed by atoms with Crippen LogP contribution in [0.5, 0.6) is 5.75 Å². The summed E-state index contributed by atoms with van der Waals surface area (Å²) in [6, 6.07) is 21.3. The molecule has 0 spiro atoms. The number of halogens is 2. The second-order valence-electron chi connectivity index (χ2n) is 10.9. The van der Waals surface area contributed by atoms with Crippen molar-refractivity contribution in [2.45, 2.75) is 58.0 Å². The predicted octanol–water partition coefficient (Wildman–Crippen LogP) is 6.13. The lowest BCUT2D eigenvalue weighted by Gasteiger charge is -2.34. The van der Waals surface area contributed by atoms with Gasteiger partial charge in [0.2, 0.25) is 0 Å². The summed E-state index contributed by atoms with van der Waals surface area (Å²) in [4.78, 5) is 43.3. The zero-order valence-corrected chi connectivity index (χ0v) is 25.6. The van der Waals surface area contributed by atoms with Gasteiger partial charge < -0.3 is 15.0 Å². The molecule has 2 heterocycles. The Balaban J connectivity index is 1.40. The van der Waals surface area contributed by atoms with Gasteiger partial charge in [-0.2, -0.15) is 0 Å². The maximum Gasteiger partial charge on any atom is 0.333 e. The van der Waals surface area contributed by atoms with Gasteiger partial charge in [-0.1, -0.05) is 41.9 Å². The van der Waals surface area contributed by atoms with Gasteiger partial charge in [-0.15, -0.1) is 0 Å². The summed E-state index contributed by atoms with van der Waals surface area (Å²) in [5.41, 5.74) is 2.27. The first-order valence-electron chi connectivity index (χ1n) is 13.9. The van der Waals surface area contributed by atoms with Gasteiger partial charge in [-0.05, 0) is 90.6 Å². The summed E-state index contributed by atoms with van der Waals surface area (Å²) in [6.07, 6.45) is 2.32. The molecule has 4 aromatic rings. The number of benzene rings is 3. The molecule has 0 bridgehead atoms. The molecule has 1 saturated carbocycles. The number of imidazole rings is 1. The van der Waals surface area contributed by atoms with E-state index in [4.69, 9.17) is 16.3 Å². The van der Waals surface area contributed by atoms with Crippen molar-refractivity contribution in [1.29, 1.82) is 0 Å². The van der Waals surface area contributed by atoms with Crippen LogP contribution in [0.25, 0.3) is 5.69 Å². The van der Waals surface area contributed by atoms with E-state index in [2.05, 4.69) is 21.2 Å². The summed E-state index contributed by atoms with van der Waals surface area (Å²) in [6.45, 7) is 4.12. The number of nitrogens with zero attached hydrogens (tertiary/aromatic N) is 3. The van der Waals surface area contributed by atoms with Crippen molar-refractivity contribution in [2.24, 2.45) is 0 Å². The third kappa shape index (κ3) is 5.51. The number of carbonyl (C=O) groups is 2. The van der Waals surface area contributed by atoms with E-state index in [0.29, 0.717) is 26.4 Å². The summed E-state index contributed by atoms with van der Waals surface area (Å²) in [5.74, 6) is 0.0959. The van der Waals surface area contributed by atoms with Crippen LogP contribution in [-0.2, 0) is 13.1 Å². The summed E-state index contributed by atoms with van der Waals surface area (Å²) < 4.78 is 9.64. The number of ether oxygens (including phenoxy) is 1. The maximum atomic E-state index is 14.0. The zero-order chi connectivity index (χ0) is 29.5. The third-order valence-corrected chi connectivity index (χ3v) is 8.99. The van der Waals surface area contributed by atoms with Gasteiger partial charge in [0.25, 0.3) is 11.8 Å². The van der Waals surface area contributed by atoms with Crippen LogP contribution >= 0.6 is 27.5 Å². The molecular formula is C32H30BrClN4O4. The van der Waals surface area contributed by atoms with Gasteiger partial charge in [-0.3, -0.25) is 18.7 Å². The number of hydrogen-bond acceptors (Lipinski definition) is 4. The molecule has 2 amide bonds. The van der Waals surface area contributed by atoms with Crippen molar-refractivity contribution in [2.75, 3.05) is 0 Å². The lowest BCUT2D eigenvalue weighted by molar-refractivity contribution is 0.0610. The molecule has 8 nitrogen and oxygen atoms in total. The summed E-state index contributed by atoms with van der Waals surface area (Å²) in [7, 11) is 0. The molecule has 0 radical (unpaired) electrons. The number of aromatic nitrogens is 2. The Kier molecular flexibility index (Phi) is 7.72. The van der Waals surface area contributed by atoms with E-state index in [1.807, 2.05) is 56.3 Å². The average Bonchev–Trinajstić information content (AvgIpc) is 3.76. The van der Waals surface area contributed by atoms with Crippen LogP contribution < -0.4 is 15.7 Å². The van der Waals surface area contributed by atoms with Crippen molar-refractivity contribution in [1.82, 2.24) is 19.4 Å². The monoisotopic (exact) mass is 648 g/mol. The van der Waals surface area contributed by atoms with E-state index < -0.39 is 5.91 Å². The van der Waals surface area contributed by atoms with Crippen molar-refractivity contribution in [3.8, 4) is 11.4 Å². The van der Waals surface area contributed by atoms with Gasteiger partial charge in [0, 0.05) is 22.6 Å². The van der Waals surface area contributed by atoms with Crippen molar-refractivity contribution < 1.29 is 14.3 Å². The highest BCUT2D eigenvalue weighted by atomic mass is 79.9. The molecule has 3 aromatic carbocycles. The Hall–Kier alpha value is -3.82. The maximum absolute atomic E-state index is 14.0. The number of carbonyl (C=O) groups excluding carboxylic acids is 2. The van der Waals surface area contributed by atoms with Gasteiger partial charge in [0.1, 0.15) is 11.4 Å². The lowest BCUT2D eigenvalue weighted by Crippen LogP contribution is -2.47. The summed E-state index contributed by atoms with van der Waals surface area (Å²) >= 11 is 9.66. The molecule has 216 valence electrons. The van der Waals surface area contributed by atoms with Gasteiger partial charge >= 0.3 is 5.69 Å². The average molecular weight is 650 g/mol. The van der Waals surface area contributed by atoms with Crippen LogP contribution in [0.3, 0.4) is 0 Å². The lowest BCUT2D eigenvalue weighted by atomic mass is 10.1. The van der Waals surface area contributed by atoms with E-state index in [-0.39, 0.29) is 48.6 Å². The van der Waals surface area contributed by atoms with Crippen molar-refractivity contribution in [3.63, 3.8) is 0 Å². The second-order valence-corrected chi connectivity index (χ2v) is 12.1. The summed E-state index contributed by atoms with van der Waals surface area (Å²) in [5, 5.41) is 3.50. The number of amides is 2. The van der Waals surface area contributed by atoms with Crippen LogP contribution in [0.2, 0.25) is 5.02 Å². The largest absolute Gasteiger partial charge is 0.490 e. The molecule has 1 aromatic heterocycles. The highest BCUT2D eigenvalue weighted by Crippen LogP contribution is 2.30. The predicted molar refractivity (Wildman–Crippen MR) is 164 cm³/mol. The van der Waals surface area contributed by atoms with Gasteiger partial charge in [0.05, 0.1) is 35.1 Å². The number of rotatable bonds is 7. The van der Waals surface area contributed by atoms with E-state index in [1.54, 1.807) is 39.8 Å². The fourth-order valence-corrected chi connectivity index (χ4v) is 5.73. The van der Waals surface area contributed by atoms with E-state index in [0.717, 1.165) is 24.2 Å². The molecule has 1 aliphatic carbocycles. The first kappa shape index (κ1) is 28.3. The molecule has 1 unspecified atom stereocenters. The Labute approximate surface area is 257 Å². The molecule has 2 aliphatic rings. The number of hydrogen-bond donors (Lipinski definition) is 1. The third-order valence-electron chi connectivity index (χ3n) is 7.76. The van der Waals surface area contributed by atoms with Crippen LogP contribution in [0, 0.1) is 0 Å². The van der Waals surface area contributed by atoms with Crippen molar-refractivity contribution in [3.05, 3.63) is 115 Å². The zero-order valence-electron chi connectivity index (χ0n) is 23.2. The molecule has 1 aliphatic heterocycles. The van der Waals surface area contributed by atoms with E-state index in [9.17, 15) is 14.4 Å². The molecule has 42 heavy (non-hydrogen) atoms. The topological polar surface area (TPSA) is 85.6 Å². The highest BCUT2D eigenvalue weighted by Gasteiger charge is 2.36. The van der Waals surface area contributed by atoms with Crippen molar-refractivity contribution >= 4 is 39.3 Å². The van der Waals surface area contributed by atoms with Gasteiger partial charge in [-0.25, -0.2) is 4.79 Å². The number of fused-ring (bicyclic) bond motifs is 1. The van der Waals surface area contributed by atoms with E-state index in [1.165, 1.54) is 4.57 Å². The Morgan fingerprint density at radius 2 is 1.76 bits per heavy atom. The minimum Gasteiger partial charge on any atom is -0.490 e. The van der Waals surface area contributed by atoms with Crippen LogP contribution in [0.4, 0.5) is 0 Å². The highest BCUT2D eigenvalue weighted by molar-refractivity contribution is 9.10. The van der Waals surface area contributed by atoms with Crippen LogP contribution in [0.1, 0.15) is 64.8 Å². The quantitative estimate of drug-likeness (QED) is 0.261. The minimum atomic E-state index is -0.399. The Morgan fingerprint density at radius 3 is 2.43 bits per heavy atom. The smallest absolute Gasteiger partial charge is 0.333 e.